The van der Waals surface area contributed by atoms with Gasteiger partial charge in [0.2, 0.25) is 5.91 Å². The predicted molar refractivity (Wildman–Crippen MR) is 94.0 cm³/mol. The zero-order valence-electron chi connectivity index (χ0n) is 14.7. The van der Waals surface area contributed by atoms with Gasteiger partial charge in [0.25, 0.3) is 0 Å². The Morgan fingerprint density at radius 2 is 2.19 bits per heavy atom. The summed E-state index contributed by atoms with van der Waals surface area (Å²) in [6.45, 7) is 1.25. The van der Waals surface area contributed by atoms with Crippen molar-refractivity contribution in [2.75, 3.05) is 18.4 Å². The summed E-state index contributed by atoms with van der Waals surface area (Å²) in [4.78, 5) is 27.5. The lowest BCUT2D eigenvalue weighted by atomic mass is 9.84. The molecule has 2 aromatic heterocycles. The minimum Gasteiger partial charge on any atom is -0.363 e. The van der Waals surface area contributed by atoms with Crippen molar-refractivity contribution in [3.8, 4) is 6.07 Å². The van der Waals surface area contributed by atoms with Gasteiger partial charge in [-0.3, -0.25) is 9.78 Å². The van der Waals surface area contributed by atoms with Gasteiger partial charge in [-0.2, -0.15) is 5.26 Å². The van der Waals surface area contributed by atoms with E-state index < -0.39 is 0 Å². The molecule has 2 atom stereocenters. The highest BCUT2D eigenvalue weighted by atomic mass is 16.2. The van der Waals surface area contributed by atoms with Crippen molar-refractivity contribution in [1.82, 2.24) is 24.4 Å². The molecule has 3 heterocycles. The van der Waals surface area contributed by atoms with Crippen LogP contribution in [-0.2, 0) is 11.8 Å². The number of hydrogen-bond donors (Lipinski definition) is 1. The number of amides is 1. The molecule has 1 aliphatic heterocycles. The molecular formula is C18H21N7O. The van der Waals surface area contributed by atoms with Gasteiger partial charge in [0.05, 0.1) is 30.5 Å². The van der Waals surface area contributed by atoms with Gasteiger partial charge in [-0.05, 0) is 12.8 Å². The summed E-state index contributed by atoms with van der Waals surface area (Å²) in [6, 6.07) is 1.99. The number of imidazole rings is 1. The van der Waals surface area contributed by atoms with Crippen molar-refractivity contribution >= 4 is 11.7 Å². The van der Waals surface area contributed by atoms with E-state index in [0.29, 0.717) is 18.9 Å². The van der Waals surface area contributed by atoms with Crippen molar-refractivity contribution < 1.29 is 4.79 Å². The zero-order chi connectivity index (χ0) is 18.1. The van der Waals surface area contributed by atoms with Crippen molar-refractivity contribution in [2.45, 2.75) is 31.2 Å². The number of nitrogens with one attached hydrogen (secondary N) is 1. The van der Waals surface area contributed by atoms with E-state index in [1.807, 2.05) is 28.8 Å². The Morgan fingerprint density at radius 1 is 1.35 bits per heavy atom. The molecule has 134 valence electrons. The number of carbonyl (C=O) groups excluding carboxylic acids is 1. The quantitative estimate of drug-likeness (QED) is 0.891. The maximum absolute atomic E-state index is 12.7. The molecule has 1 N–H and O–H groups in total. The van der Waals surface area contributed by atoms with Crippen molar-refractivity contribution in [3.05, 3.63) is 36.3 Å². The molecule has 2 aromatic rings. The molecule has 8 heteroatoms. The standard InChI is InChI=1S/C18H21N7O/c1-24-9-15(21-11-24)14-8-25(18(26)12-3-2-4-12)10-16(14)23-17-7-20-6-13(5-19)22-17/h6-7,9,11-12,14,16H,2-4,8,10H2,1H3,(H,22,23)/t14-,16+/m0/s1. The highest BCUT2D eigenvalue weighted by molar-refractivity contribution is 5.80. The molecule has 0 aromatic carbocycles. The van der Waals surface area contributed by atoms with Crippen LogP contribution in [0.5, 0.6) is 0 Å². The van der Waals surface area contributed by atoms with E-state index in [1.54, 1.807) is 12.5 Å². The van der Waals surface area contributed by atoms with E-state index in [-0.39, 0.29) is 29.5 Å². The van der Waals surface area contributed by atoms with E-state index in [2.05, 4.69) is 20.3 Å². The summed E-state index contributed by atoms with van der Waals surface area (Å²) < 4.78 is 1.92. The number of aromatic nitrogens is 4. The number of anilines is 1. The molecule has 0 bridgehead atoms. The van der Waals surface area contributed by atoms with Crippen LogP contribution in [0.4, 0.5) is 5.82 Å². The fraction of sp³-hybridized carbons (Fsp3) is 0.500. The largest absolute Gasteiger partial charge is 0.363 e. The Morgan fingerprint density at radius 3 is 2.85 bits per heavy atom. The molecular weight excluding hydrogens is 330 g/mol. The van der Waals surface area contributed by atoms with Gasteiger partial charge in [0.15, 0.2) is 5.69 Å². The number of rotatable bonds is 4. The Hall–Kier alpha value is -2.95. The van der Waals surface area contributed by atoms with Crippen molar-refractivity contribution in [1.29, 1.82) is 5.26 Å². The predicted octanol–water partition coefficient (Wildman–Crippen LogP) is 1.29. The van der Waals surface area contributed by atoms with Crippen LogP contribution < -0.4 is 5.32 Å². The lowest BCUT2D eigenvalue weighted by Crippen LogP contribution is -2.38. The average Bonchev–Trinajstić information content (AvgIpc) is 3.19. The molecule has 1 aliphatic carbocycles. The number of nitriles is 1. The molecule has 8 nitrogen and oxygen atoms in total. The first kappa shape index (κ1) is 16.5. The van der Waals surface area contributed by atoms with Crippen molar-refractivity contribution in [3.63, 3.8) is 0 Å². The van der Waals surface area contributed by atoms with Crippen molar-refractivity contribution in [2.24, 2.45) is 13.0 Å². The average molecular weight is 351 g/mol. The van der Waals surface area contributed by atoms with E-state index in [9.17, 15) is 4.79 Å². The highest BCUT2D eigenvalue weighted by Gasteiger charge is 2.40. The van der Waals surface area contributed by atoms with E-state index >= 15 is 0 Å². The summed E-state index contributed by atoms with van der Waals surface area (Å²) in [7, 11) is 1.94. The van der Waals surface area contributed by atoms with Gasteiger partial charge in [0.1, 0.15) is 11.9 Å². The minimum atomic E-state index is -0.0165. The molecule has 2 fully saturated rings. The molecule has 2 aliphatic rings. The molecule has 0 spiro atoms. The molecule has 1 saturated heterocycles. The Balaban J connectivity index is 1.56. The van der Waals surface area contributed by atoms with E-state index in [4.69, 9.17) is 5.26 Å². The zero-order valence-corrected chi connectivity index (χ0v) is 14.7. The Kier molecular flexibility index (Phi) is 4.29. The van der Waals surface area contributed by atoms with Gasteiger partial charge < -0.3 is 14.8 Å². The van der Waals surface area contributed by atoms with Crippen LogP contribution in [-0.4, -0.2) is 49.5 Å². The summed E-state index contributed by atoms with van der Waals surface area (Å²) >= 11 is 0. The second-order valence-corrected chi connectivity index (χ2v) is 7.09. The second-order valence-electron chi connectivity index (χ2n) is 7.09. The Labute approximate surface area is 151 Å². The number of hydrogen-bond acceptors (Lipinski definition) is 6. The third-order valence-electron chi connectivity index (χ3n) is 5.27. The van der Waals surface area contributed by atoms with E-state index in [0.717, 1.165) is 25.0 Å². The number of likely N-dealkylation sites (tertiary alicyclic amines) is 1. The van der Waals surface area contributed by atoms with Gasteiger partial charge in [-0.15, -0.1) is 0 Å². The fourth-order valence-electron chi connectivity index (χ4n) is 3.65. The molecule has 1 amide bonds. The molecule has 4 rings (SSSR count). The lowest BCUT2D eigenvalue weighted by molar-refractivity contribution is -0.137. The van der Waals surface area contributed by atoms with Crippen LogP contribution in [0.25, 0.3) is 0 Å². The summed E-state index contributed by atoms with van der Waals surface area (Å²) in [5.74, 6) is 1.05. The van der Waals surface area contributed by atoms with Crippen LogP contribution >= 0.6 is 0 Å². The smallest absolute Gasteiger partial charge is 0.225 e. The van der Waals surface area contributed by atoms with Crippen LogP contribution in [0, 0.1) is 17.2 Å². The molecule has 26 heavy (non-hydrogen) atoms. The van der Waals surface area contributed by atoms with Gasteiger partial charge in [0, 0.05) is 38.2 Å². The van der Waals surface area contributed by atoms with Gasteiger partial charge >= 0.3 is 0 Å². The second kappa shape index (κ2) is 6.75. The summed E-state index contributed by atoms with van der Waals surface area (Å²) in [5, 5.41) is 12.4. The molecule has 0 unspecified atom stereocenters. The summed E-state index contributed by atoms with van der Waals surface area (Å²) in [5.41, 5.74) is 1.23. The highest BCUT2D eigenvalue weighted by Crippen LogP contribution is 2.34. The SMILES string of the molecule is Cn1cnc([C@@H]2CN(C(=O)C3CCC3)C[C@H]2Nc2cncc(C#N)n2)c1. The Bertz CT molecular complexity index is 851. The van der Waals surface area contributed by atoms with Gasteiger partial charge in [-0.25, -0.2) is 9.97 Å². The van der Waals surface area contributed by atoms with Crippen LogP contribution in [0.3, 0.4) is 0 Å². The maximum atomic E-state index is 12.7. The van der Waals surface area contributed by atoms with Crippen LogP contribution in [0.1, 0.15) is 36.6 Å². The van der Waals surface area contributed by atoms with E-state index in [1.165, 1.54) is 6.20 Å². The number of nitrogens with zero attached hydrogens (tertiary/aromatic N) is 6. The van der Waals surface area contributed by atoms with Crippen LogP contribution in [0.2, 0.25) is 0 Å². The topological polar surface area (TPSA) is 99.7 Å². The van der Waals surface area contributed by atoms with Gasteiger partial charge in [-0.1, -0.05) is 6.42 Å². The minimum absolute atomic E-state index is 0.0165. The first-order valence-electron chi connectivity index (χ1n) is 8.89. The fourth-order valence-corrected chi connectivity index (χ4v) is 3.65. The first-order valence-corrected chi connectivity index (χ1v) is 8.89. The molecule has 0 radical (unpaired) electrons. The lowest BCUT2D eigenvalue weighted by Gasteiger charge is -2.29. The first-order chi connectivity index (χ1) is 12.6. The third-order valence-corrected chi connectivity index (χ3v) is 5.27. The van der Waals surface area contributed by atoms with Crippen LogP contribution in [0.15, 0.2) is 24.9 Å². The normalized spacial score (nSPS) is 22.7. The third kappa shape index (κ3) is 3.12. The number of carbonyl (C=O) groups is 1. The number of aryl methyl sites for hydroxylation is 1. The monoisotopic (exact) mass is 351 g/mol. The molecule has 1 saturated carbocycles. The summed E-state index contributed by atoms with van der Waals surface area (Å²) in [6.07, 6.45) is 9.95. The maximum Gasteiger partial charge on any atom is 0.225 e.